The van der Waals surface area contributed by atoms with E-state index in [0.717, 1.165) is 10.8 Å². The lowest BCUT2D eigenvalue weighted by molar-refractivity contribution is 0.0978. The maximum atomic E-state index is 13.0. The Kier molecular flexibility index (Phi) is 2.63. The van der Waals surface area contributed by atoms with Gasteiger partial charge in [-0.05, 0) is 22.9 Å². The zero-order chi connectivity index (χ0) is 15.3. The molecule has 0 fully saturated rings. The Hall–Kier alpha value is -2.94. The van der Waals surface area contributed by atoms with E-state index in [9.17, 15) is 9.59 Å². The number of methoxy groups -OCH3 is 1. The summed E-state index contributed by atoms with van der Waals surface area (Å²) in [5.41, 5.74) is 1.70. The van der Waals surface area contributed by atoms with Crippen LogP contribution in [0.25, 0.3) is 10.8 Å². The molecule has 0 amide bonds. The molecule has 3 nitrogen and oxygen atoms in total. The van der Waals surface area contributed by atoms with Crippen LogP contribution in [0.4, 0.5) is 0 Å². The summed E-state index contributed by atoms with van der Waals surface area (Å²) in [6.07, 6.45) is 0. The second-order valence-corrected chi connectivity index (χ2v) is 5.25. The smallest absolute Gasteiger partial charge is 0.198 e. The van der Waals surface area contributed by atoms with Crippen molar-refractivity contribution >= 4 is 22.3 Å². The van der Waals surface area contributed by atoms with E-state index < -0.39 is 0 Å². The molecule has 0 aliphatic heterocycles. The van der Waals surface area contributed by atoms with Crippen molar-refractivity contribution in [3.8, 4) is 5.75 Å². The minimum atomic E-state index is -0.154. The summed E-state index contributed by atoms with van der Waals surface area (Å²) in [7, 11) is 1.51. The summed E-state index contributed by atoms with van der Waals surface area (Å²) in [4.78, 5) is 25.8. The number of fused-ring (bicyclic) bond motifs is 4. The predicted octanol–water partition coefficient (Wildman–Crippen LogP) is 3.62. The Morgan fingerprint density at radius 1 is 0.727 bits per heavy atom. The molecule has 0 atom stereocenters. The van der Waals surface area contributed by atoms with Crippen LogP contribution in [-0.2, 0) is 0 Å². The molecule has 3 aromatic rings. The number of ketones is 2. The quantitative estimate of drug-likeness (QED) is 0.537. The molecule has 0 spiro atoms. The third-order valence-corrected chi connectivity index (χ3v) is 4.12. The van der Waals surface area contributed by atoms with Crippen LogP contribution in [0.1, 0.15) is 31.8 Å². The monoisotopic (exact) mass is 288 g/mol. The minimum absolute atomic E-state index is 0.130. The van der Waals surface area contributed by atoms with Gasteiger partial charge < -0.3 is 4.74 Å². The molecule has 0 radical (unpaired) electrons. The Morgan fingerprint density at radius 3 is 2.32 bits per heavy atom. The van der Waals surface area contributed by atoms with E-state index in [2.05, 4.69) is 0 Å². The molecule has 0 saturated carbocycles. The van der Waals surface area contributed by atoms with Gasteiger partial charge in [0.1, 0.15) is 5.75 Å². The van der Waals surface area contributed by atoms with Gasteiger partial charge in [-0.1, -0.05) is 42.5 Å². The van der Waals surface area contributed by atoms with Crippen molar-refractivity contribution in [2.75, 3.05) is 7.11 Å². The first kappa shape index (κ1) is 12.8. The molecule has 3 aromatic carbocycles. The Bertz CT molecular complexity index is 954. The Morgan fingerprint density at radius 2 is 1.50 bits per heavy atom. The van der Waals surface area contributed by atoms with Gasteiger partial charge in [-0.2, -0.15) is 0 Å². The van der Waals surface area contributed by atoms with E-state index in [4.69, 9.17) is 4.74 Å². The van der Waals surface area contributed by atoms with Gasteiger partial charge in [-0.25, -0.2) is 0 Å². The van der Waals surface area contributed by atoms with Crippen LogP contribution in [0.5, 0.6) is 5.75 Å². The summed E-state index contributed by atoms with van der Waals surface area (Å²) < 4.78 is 5.29. The highest BCUT2D eigenvalue weighted by atomic mass is 16.5. The Labute approximate surface area is 127 Å². The number of hydrogen-bond donors (Lipinski definition) is 0. The van der Waals surface area contributed by atoms with Crippen LogP contribution in [0, 0.1) is 0 Å². The minimum Gasteiger partial charge on any atom is -0.496 e. The normalized spacial score (nSPS) is 13.0. The SMILES string of the molecule is COc1cccc2c1C(=O)c1c(ccc3ccccc13)C2=O. The van der Waals surface area contributed by atoms with Crippen LogP contribution >= 0.6 is 0 Å². The fraction of sp³-hybridized carbons (Fsp3) is 0.0526. The van der Waals surface area contributed by atoms with Crippen molar-refractivity contribution in [3.63, 3.8) is 0 Å². The van der Waals surface area contributed by atoms with Gasteiger partial charge in [0.25, 0.3) is 0 Å². The highest BCUT2D eigenvalue weighted by Gasteiger charge is 2.33. The zero-order valence-corrected chi connectivity index (χ0v) is 11.9. The lowest BCUT2D eigenvalue weighted by atomic mass is 9.81. The molecular weight excluding hydrogens is 276 g/mol. The predicted molar refractivity (Wildman–Crippen MR) is 83.8 cm³/mol. The molecule has 0 unspecified atom stereocenters. The first-order chi connectivity index (χ1) is 10.7. The molecule has 0 aromatic heterocycles. The molecule has 0 N–H and O–H groups in total. The summed E-state index contributed by atoms with van der Waals surface area (Å²) in [6, 6.07) is 16.3. The van der Waals surface area contributed by atoms with Crippen LogP contribution in [0.3, 0.4) is 0 Å². The van der Waals surface area contributed by atoms with Gasteiger partial charge in [0, 0.05) is 16.7 Å². The number of benzene rings is 3. The number of hydrogen-bond acceptors (Lipinski definition) is 3. The molecule has 0 heterocycles. The number of carbonyl (C=O) groups is 2. The number of ether oxygens (including phenoxy) is 1. The number of carbonyl (C=O) groups excluding carboxylic acids is 2. The summed E-state index contributed by atoms with van der Waals surface area (Å²) >= 11 is 0. The van der Waals surface area contributed by atoms with E-state index in [1.54, 1.807) is 24.3 Å². The fourth-order valence-corrected chi connectivity index (χ4v) is 3.10. The third-order valence-electron chi connectivity index (χ3n) is 4.12. The molecule has 106 valence electrons. The van der Waals surface area contributed by atoms with Crippen LogP contribution in [-0.4, -0.2) is 18.7 Å². The van der Waals surface area contributed by atoms with E-state index in [1.165, 1.54) is 7.11 Å². The maximum absolute atomic E-state index is 13.0. The van der Waals surface area contributed by atoms with Gasteiger partial charge in [0.15, 0.2) is 11.6 Å². The lowest BCUT2D eigenvalue weighted by Gasteiger charge is -2.20. The first-order valence-electron chi connectivity index (χ1n) is 7.00. The molecular formula is C19H12O3. The summed E-state index contributed by atoms with van der Waals surface area (Å²) in [6.45, 7) is 0. The lowest BCUT2D eigenvalue weighted by Crippen LogP contribution is -2.22. The fourth-order valence-electron chi connectivity index (χ4n) is 3.10. The van der Waals surface area contributed by atoms with E-state index in [1.807, 2.05) is 30.3 Å². The topological polar surface area (TPSA) is 43.4 Å². The summed E-state index contributed by atoms with van der Waals surface area (Å²) in [5, 5.41) is 1.75. The zero-order valence-electron chi connectivity index (χ0n) is 11.9. The largest absolute Gasteiger partial charge is 0.496 e. The molecule has 1 aliphatic rings. The van der Waals surface area contributed by atoms with Crippen molar-refractivity contribution in [1.29, 1.82) is 0 Å². The Balaban J connectivity index is 2.12. The van der Waals surface area contributed by atoms with Crippen LogP contribution in [0.15, 0.2) is 54.6 Å². The highest BCUT2D eigenvalue weighted by Crippen LogP contribution is 2.36. The van der Waals surface area contributed by atoms with E-state index in [-0.39, 0.29) is 11.6 Å². The standard InChI is InChI=1S/C19H12O3/c1-22-15-8-4-7-13-17(15)19(21)16-12-6-3-2-5-11(12)9-10-14(16)18(13)20/h2-10H,1H3. The van der Waals surface area contributed by atoms with E-state index in [0.29, 0.717) is 28.0 Å². The van der Waals surface area contributed by atoms with Gasteiger partial charge >= 0.3 is 0 Å². The van der Waals surface area contributed by atoms with Gasteiger partial charge in [-0.3, -0.25) is 9.59 Å². The van der Waals surface area contributed by atoms with Crippen molar-refractivity contribution in [3.05, 3.63) is 76.9 Å². The molecule has 0 bridgehead atoms. The second-order valence-electron chi connectivity index (χ2n) is 5.25. The molecule has 3 heteroatoms. The maximum Gasteiger partial charge on any atom is 0.198 e. The van der Waals surface area contributed by atoms with Crippen LogP contribution in [0.2, 0.25) is 0 Å². The van der Waals surface area contributed by atoms with Crippen molar-refractivity contribution in [2.24, 2.45) is 0 Å². The first-order valence-corrected chi connectivity index (χ1v) is 7.00. The second kappa shape index (κ2) is 4.53. The average Bonchev–Trinajstić information content (AvgIpc) is 2.58. The third kappa shape index (κ3) is 1.56. The van der Waals surface area contributed by atoms with Crippen molar-refractivity contribution in [2.45, 2.75) is 0 Å². The average molecular weight is 288 g/mol. The molecule has 4 rings (SSSR count). The van der Waals surface area contributed by atoms with Crippen molar-refractivity contribution < 1.29 is 14.3 Å². The van der Waals surface area contributed by atoms with Gasteiger partial charge in [0.2, 0.25) is 0 Å². The van der Waals surface area contributed by atoms with Gasteiger partial charge in [0.05, 0.1) is 12.7 Å². The van der Waals surface area contributed by atoms with Crippen molar-refractivity contribution in [1.82, 2.24) is 0 Å². The summed E-state index contributed by atoms with van der Waals surface area (Å²) in [5.74, 6) is 0.155. The highest BCUT2D eigenvalue weighted by molar-refractivity contribution is 6.32. The van der Waals surface area contributed by atoms with Crippen LogP contribution < -0.4 is 4.74 Å². The molecule has 1 aliphatic carbocycles. The van der Waals surface area contributed by atoms with Gasteiger partial charge in [-0.15, -0.1) is 0 Å². The number of rotatable bonds is 1. The molecule has 0 saturated heterocycles. The molecule has 22 heavy (non-hydrogen) atoms. The van der Waals surface area contributed by atoms with E-state index >= 15 is 0 Å².